The summed E-state index contributed by atoms with van der Waals surface area (Å²) < 4.78 is 0. The zero-order chi connectivity index (χ0) is 29.9. The lowest BCUT2D eigenvalue weighted by molar-refractivity contribution is -0.111. The van der Waals surface area contributed by atoms with Crippen LogP contribution in [0, 0.1) is 46.3 Å². The van der Waals surface area contributed by atoms with Crippen molar-refractivity contribution in [3.05, 3.63) is 6.07 Å². The standard InChI is InChI=1S/C38H62N6/c1-28-26-33-30-12-11-29-10-4-5-15-37(29,2)32(30)13-16-38(33,3)31(28)14-21-41-22-24-43(25-23-41)35-27-34(42-17-6-7-18-42)39-36(40-35)44-19-8-9-20-44/h27-33H,4-26H2,1-3H3/t28?,29?,30-,31+,32+,33+,37+,38-/m1/s1. The van der Waals surface area contributed by atoms with Gasteiger partial charge in [0.25, 0.3) is 0 Å². The van der Waals surface area contributed by atoms with Crippen LogP contribution in [0.5, 0.6) is 0 Å². The summed E-state index contributed by atoms with van der Waals surface area (Å²) in [6.07, 6.45) is 20.2. The van der Waals surface area contributed by atoms with Crippen molar-refractivity contribution < 1.29 is 0 Å². The van der Waals surface area contributed by atoms with E-state index in [1.807, 2.05) is 0 Å². The molecule has 7 fully saturated rings. The minimum absolute atomic E-state index is 0.583. The summed E-state index contributed by atoms with van der Waals surface area (Å²) in [6.45, 7) is 18.5. The molecular weight excluding hydrogens is 540 g/mol. The average molecular weight is 603 g/mol. The van der Waals surface area contributed by atoms with E-state index in [1.165, 1.54) is 103 Å². The van der Waals surface area contributed by atoms with E-state index in [2.05, 4.69) is 46.4 Å². The fourth-order valence-electron chi connectivity index (χ4n) is 12.6. The minimum Gasteiger partial charge on any atom is -0.356 e. The second kappa shape index (κ2) is 11.9. The number of rotatable bonds is 6. The first-order valence-electron chi connectivity index (χ1n) is 19.3. The van der Waals surface area contributed by atoms with E-state index >= 15 is 0 Å². The highest BCUT2D eigenvalue weighted by Crippen LogP contribution is 2.68. The molecule has 3 saturated heterocycles. The van der Waals surface area contributed by atoms with E-state index in [9.17, 15) is 0 Å². The van der Waals surface area contributed by atoms with Gasteiger partial charge in [-0.2, -0.15) is 9.97 Å². The first-order valence-corrected chi connectivity index (χ1v) is 19.3. The van der Waals surface area contributed by atoms with Crippen molar-refractivity contribution in [3.63, 3.8) is 0 Å². The van der Waals surface area contributed by atoms with Crippen molar-refractivity contribution in [2.75, 3.05) is 73.6 Å². The summed E-state index contributed by atoms with van der Waals surface area (Å²) in [5, 5.41) is 0. The van der Waals surface area contributed by atoms with E-state index in [0.717, 1.165) is 86.5 Å². The van der Waals surface area contributed by atoms with Gasteiger partial charge in [0.05, 0.1) is 0 Å². The van der Waals surface area contributed by atoms with Gasteiger partial charge >= 0.3 is 0 Å². The molecule has 3 aliphatic heterocycles. The molecule has 7 aliphatic rings. The van der Waals surface area contributed by atoms with E-state index in [1.54, 1.807) is 12.8 Å². The van der Waals surface area contributed by atoms with E-state index in [0.29, 0.717) is 10.8 Å². The van der Waals surface area contributed by atoms with Crippen LogP contribution in [0.3, 0.4) is 0 Å². The van der Waals surface area contributed by atoms with Crippen LogP contribution in [-0.2, 0) is 0 Å². The summed E-state index contributed by atoms with van der Waals surface area (Å²) in [7, 11) is 0. The molecule has 0 N–H and O–H groups in total. The summed E-state index contributed by atoms with van der Waals surface area (Å²) in [4.78, 5) is 20.5. The van der Waals surface area contributed by atoms with Crippen molar-refractivity contribution in [1.29, 1.82) is 0 Å². The Morgan fingerprint density at radius 3 is 2.09 bits per heavy atom. The molecule has 0 radical (unpaired) electrons. The molecular formula is C38H62N6. The van der Waals surface area contributed by atoms with Gasteiger partial charge in [-0.3, -0.25) is 4.90 Å². The summed E-state index contributed by atoms with van der Waals surface area (Å²) in [5.41, 5.74) is 1.25. The normalized spacial score (nSPS) is 41.1. The number of fused-ring (bicyclic) bond motifs is 5. The highest BCUT2D eigenvalue weighted by Gasteiger charge is 2.60. The van der Waals surface area contributed by atoms with Crippen LogP contribution in [0.25, 0.3) is 0 Å². The zero-order valence-corrected chi connectivity index (χ0v) is 28.5. The van der Waals surface area contributed by atoms with Gasteiger partial charge < -0.3 is 14.7 Å². The molecule has 2 unspecified atom stereocenters. The van der Waals surface area contributed by atoms with E-state index in [4.69, 9.17) is 9.97 Å². The topological polar surface area (TPSA) is 38.7 Å². The molecule has 0 bridgehead atoms. The van der Waals surface area contributed by atoms with Gasteiger partial charge in [0, 0.05) is 58.4 Å². The predicted molar refractivity (Wildman–Crippen MR) is 183 cm³/mol. The van der Waals surface area contributed by atoms with Crippen LogP contribution in [0.1, 0.15) is 111 Å². The van der Waals surface area contributed by atoms with Crippen molar-refractivity contribution in [1.82, 2.24) is 14.9 Å². The molecule has 0 spiro atoms. The molecule has 4 heterocycles. The number of hydrogen-bond acceptors (Lipinski definition) is 6. The van der Waals surface area contributed by atoms with Gasteiger partial charge in [0.1, 0.15) is 11.6 Å². The predicted octanol–water partition coefficient (Wildman–Crippen LogP) is 7.48. The fourth-order valence-corrected chi connectivity index (χ4v) is 12.6. The number of hydrogen-bond donors (Lipinski definition) is 0. The maximum Gasteiger partial charge on any atom is 0.229 e. The Morgan fingerprint density at radius 1 is 0.682 bits per heavy atom. The second-order valence-electron chi connectivity index (χ2n) is 17.2. The third-order valence-electron chi connectivity index (χ3n) is 15.1. The van der Waals surface area contributed by atoms with Gasteiger partial charge in [-0.25, -0.2) is 0 Å². The SMILES string of the molecule is CC1C[C@H]2[C@@H]3CCC4CCCC[C@]4(C)[C@H]3CC[C@]2(C)[C@H]1CCN1CCN(c2cc(N3CCCC3)nc(N3CCCC3)n2)CC1. The lowest BCUT2D eigenvalue weighted by Gasteiger charge is -2.60. The molecule has 8 atom stereocenters. The first kappa shape index (κ1) is 29.8. The van der Waals surface area contributed by atoms with Crippen LogP contribution in [0.15, 0.2) is 6.07 Å². The van der Waals surface area contributed by atoms with E-state index < -0.39 is 0 Å². The fraction of sp³-hybridized carbons (Fsp3) is 0.895. The van der Waals surface area contributed by atoms with Crippen LogP contribution in [0.4, 0.5) is 17.6 Å². The van der Waals surface area contributed by atoms with Crippen LogP contribution >= 0.6 is 0 Å². The van der Waals surface area contributed by atoms with Crippen molar-refractivity contribution in [3.8, 4) is 0 Å². The summed E-state index contributed by atoms with van der Waals surface area (Å²) >= 11 is 0. The van der Waals surface area contributed by atoms with Crippen LogP contribution in [0.2, 0.25) is 0 Å². The van der Waals surface area contributed by atoms with Crippen molar-refractivity contribution in [2.45, 2.75) is 111 Å². The molecule has 0 amide bonds. The van der Waals surface area contributed by atoms with Crippen LogP contribution in [-0.4, -0.2) is 73.8 Å². The molecule has 6 heteroatoms. The Kier molecular flexibility index (Phi) is 8.07. The van der Waals surface area contributed by atoms with Gasteiger partial charge in [0.2, 0.25) is 5.95 Å². The van der Waals surface area contributed by atoms with Gasteiger partial charge in [-0.1, -0.05) is 33.6 Å². The number of piperazine rings is 1. The Hall–Kier alpha value is -1.56. The van der Waals surface area contributed by atoms with Crippen molar-refractivity contribution in [2.24, 2.45) is 46.3 Å². The quantitative estimate of drug-likeness (QED) is 0.336. The monoisotopic (exact) mass is 603 g/mol. The Bertz CT molecular complexity index is 1120. The molecule has 8 rings (SSSR count). The second-order valence-corrected chi connectivity index (χ2v) is 17.2. The Balaban J connectivity index is 0.901. The molecule has 1 aromatic heterocycles. The lowest BCUT2D eigenvalue weighted by Crippen LogP contribution is -2.53. The smallest absolute Gasteiger partial charge is 0.229 e. The molecule has 0 aromatic carbocycles. The molecule has 4 aliphatic carbocycles. The number of aromatic nitrogens is 2. The zero-order valence-electron chi connectivity index (χ0n) is 28.5. The molecule has 4 saturated carbocycles. The van der Waals surface area contributed by atoms with E-state index in [-0.39, 0.29) is 0 Å². The summed E-state index contributed by atoms with van der Waals surface area (Å²) in [5.74, 6) is 9.19. The maximum atomic E-state index is 5.17. The molecule has 6 nitrogen and oxygen atoms in total. The van der Waals surface area contributed by atoms with Gasteiger partial charge in [-0.15, -0.1) is 0 Å². The largest absolute Gasteiger partial charge is 0.356 e. The Labute approximate surface area is 268 Å². The highest BCUT2D eigenvalue weighted by atomic mass is 15.3. The molecule has 244 valence electrons. The first-order chi connectivity index (χ1) is 21.4. The minimum atomic E-state index is 0.583. The molecule has 44 heavy (non-hydrogen) atoms. The number of nitrogens with zero attached hydrogens (tertiary/aromatic N) is 6. The lowest BCUT2D eigenvalue weighted by atomic mass is 9.45. The Morgan fingerprint density at radius 2 is 1.36 bits per heavy atom. The third-order valence-corrected chi connectivity index (χ3v) is 15.1. The molecule has 1 aromatic rings. The van der Waals surface area contributed by atoms with Gasteiger partial charge in [0.15, 0.2) is 0 Å². The average Bonchev–Trinajstić information content (AvgIpc) is 3.82. The highest BCUT2D eigenvalue weighted by molar-refractivity contribution is 5.56. The van der Waals surface area contributed by atoms with Gasteiger partial charge in [-0.05, 0) is 130 Å². The maximum absolute atomic E-state index is 5.17. The van der Waals surface area contributed by atoms with Crippen molar-refractivity contribution >= 4 is 17.6 Å². The van der Waals surface area contributed by atoms with Crippen LogP contribution < -0.4 is 14.7 Å². The summed E-state index contributed by atoms with van der Waals surface area (Å²) in [6, 6.07) is 2.30. The third kappa shape index (κ3) is 5.16. The number of anilines is 3.